The van der Waals surface area contributed by atoms with E-state index in [1.807, 2.05) is 25.1 Å². The summed E-state index contributed by atoms with van der Waals surface area (Å²) in [5.41, 5.74) is 1.89. The third-order valence-electron chi connectivity index (χ3n) is 2.31. The number of hydrogen-bond acceptors (Lipinski definition) is 2. The number of rotatable bonds is 4. The molecule has 3 heteroatoms. The van der Waals surface area contributed by atoms with E-state index in [1.165, 1.54) is 6.07 Å². The fourth-order valence-corrected chi connectivity index (χ4v) is 1.66. The molecule has 84 valence electrons. The minimum Gasteiger partial charge on any atom is -0.468 e. The Morgan fingerprint density at radius 2 is 2.12 bits per heavy atom. The van der Waals surface area contributed by atoms with Gasteiger partial charge in [-0.05, 0) is 42.3 Å². The number of furan rings is 1. The molecule has 0 radical (unpaired) electrons. The number of hydrogen-bond donors (Lipinski definition) is 1. The van der Waals surface area contributed by atoms with Gasteiger partial charge >= 0.3 is 0 Å². The lowest BCUT2D eigenvalue weighted by molar-refractivity contribution is 0.482. The first-order valence-electron chi connectivity index (χ1n) is 5.23. The van der Waals surface area contributed by atoms with Crippen LogP contribution < -0.4 is 5.32 Å². The van der Waals surface area contributed by atoms with Crippen LogP contribution in [0.15, 0.2) is 41.0 Å². The molecule has 0 aliphatic heterocycles. The topological polar surface area (TPSA) is 25.2 Å². The van der Waals surface area contributed by atoms with E-state index in [9.17, 15) is 4.39 Å². The van der Waals surface area contributed by atoms with Gasteiger partial charge in [0.1, 0.15) is 11.6 Å². The van der Waals surface area contributed by atoms with Gasteiger partial charge in [-0.3, -0.25) is 0 Å². The first kappa shape index (κ1) is 10.9. The molecule has 1 aromatic carbocycles. The molecular formula is C13H14FNO. The summed E-state index contributed by atoms with van der Waals surface area (Å²) < 4.78 is 18.3. The van der Waals surface area contributed by atoms with Crippen LogP contribution in [0.5, 0.6) is 0 Å². The van der Waals surface area contributed by atoms with E-state index in [-0.39, 0.29) is 5.82 Å². The van der Waals surface area contributed by atoms with Gasteiger partial charge < -0.3 is 9.73 Å². The summed E-state index contributed by atoms with van der Waals surface area (Å²) in [6.45, 7) is 3.18. The molecule has 16 heavy (non-hydrogen) atoms. The molecule has 2 rings (SSSR count). The van der Waals surface area contributed by atoms with E-state index in [0.29, 0.717) is 13.1 Å². The van der Waals surface area contributed by atoms with Crippen LogP contribution in [0.3, 0.4) is 0 Å². The van der Waals surface area contributed by atoms with Gasteiger partial charge in [0, 0.05) is 6.54 Å². The molecule has 0 unspecified atom stereocenters. The van der Waals surface area contributed by atoms with Crippen molar-refractivity contribution < 1.29 is 8.81 Å². The van der Waals surface area contributed by atoms with Crippen molar-refractivity contribution in [2.45, 2.75) is 20.0 Å². The van der Waals surface area contributed by atoms with Gasteiger partial charge in [-0.2, -0.15) is 0 Å². The molecule has 1 heterocycles. The maximum atomic E-state index is 13.1. The first-order valence-corrected chi connectivity index (χ1v) is 5.23. The smallest absolute Gasteiger partial charge is 0.123 e. The summed E-state index contributed by atoms with van der Waals surface area (Å²) in [6.07, 6.45) is 1.64. The van der Waals surface area contributed by atoms with Crippen molar-refractivity contribution in [1.29, 1.82) is 0 Å². The molecule has 0 saturated heterocycles. The summed E-state index contributed by atoms with van der Waals surface area (Å²) >= 11 is 0. The van der Waals surface area contributed by atoms with E-state index < -0.39 is 0 Å². The normalized spacial score (nSPS) is 10.6. The Morgan fingerprint density at radius 1 is 1.25 bits per heavy atom. The highest BCUT2D eigenvalue weighted by Gasteiger charge is 1.99. The van der Waals surface area contributed by atoms with E-state index in [1.54, 1.807) is 12.3 Å². The zero-order valence-corrected chi connectivity index (χ0v) is 9.16. The highest BCUT2D eigenvalue weighted by molar-refractivity contribution is 5.23. The van der Waals surface area contributed by atoms with Crippen molar-refractivity contribution in [1.82, 2.24) is 5.32 Å². The van der Waals surface area contributed by atoms with Crippen molar-refractivity contribution in [3.63, 3.8) is 0 Å². The Labute approximate surface area is 94.1 Å². The van der Waals surface area contributed by atoms with E-state index in [4.69, 9.17) is 4.42 Å². The first-order chi connectivity index (χ1) is 7.74. The van der Waals surface area contributed by atoms with Crippen LogP contribution in [-0.4, -0.2) is 0 Å². The molecule has 1 aromatic heterocycles. The lowest BCUT2D eigenvalue weighted by Crippen LogP contribution is -2.12. The monoisotopic (exact) mass is 219 g/mol. The Morgan fingerprint density at radius 3 is 2.81 bits per heavy atom. The highest BCUT2D eigenvalue weighted by atomic mass is 19.1. The Balaban J connectivity index is 1.89. The second-order valence-corrected chi connectivity index (χ2v) is 3.82. The van der Waals surface area contributed by atoms with E-state index in [2.05, 4.69) is 5.32 Å². The summed E-state index contributed by atoms with van der Waals surface area (Å²) in [4.78, 5) is 0. The van der Waals surface area contributed by atoms with Crippen molar-refractivity contribution in [2.75, 3.05) is 0 Å². The molecule has 0 aliphatic carbocycles. The quantitative estimate of drug-likeness (QED) is 0.855. The predicted octanol–water partition coefficient (Wildman–Crippen LogP) is 3.02. The molecule has 0 fully saturated rings. The summed E-state index contributed by atoms with van der Waals surface area (Å²) in [5, 5.41) is 3.20. The van der Waals surface area contributed by atoms with Gasteiger partial charge in [-0.25, -0.2) is 4.39 Å². The van der Waals surface area contributed by atoms with Crippen molar-refractivity contribution in [3.05, 3.63) is 59.3 Å². The zero-order valence-electron chi connectivity index (χ0n) is 9.16. The van der Waals surface area contributed by atoms with Gasteiger partial charge in [0.05, 0.1) is 12.8 Å². The molecule has 2 aromatic rings. The fourth-order valence-electron chi connectivity index (χ4n) is 1.66. The van der Waals surface area contributed by atoms with Gasteiger partial charge in [0.25, 0.3) is 0 Å². The van der Waals surface area contributed by atoms with Crippen molar-refractivity contribution >= 4 is 0 Å². The number of aryl methyl sites for hydroxylation is 1. The van der Waals surface area contributed by atoms with E-state index in [0.717, 1.165) is 16.9 Å². The fraction of sp³-hybridized carbons (Fsp3) is 0.231. The summed E-state index contributed by atoms with van der Waals surface area (Å²) in [7, 11) is 0. The molecule has 0 bridgehead atoms. The molecule has 0 aliphatic rings. The predicted molar refractivity (Wildman–Crippen MR) is 60.4 cm³/mol. The van der Waals surface area contributed by atoms with Crippen LogP contribution in [0, 0.1) is 12.7 Å². The Bertz CT molecular complexity index is 431. The van der Waals surface area contributed by atoms with E-state index >= 15 is 0 Å². The van der Waals surface area contributed by atoms with Crippen LogP contribution in [0.1, 0.15) is 16.9 Å². The summed E-state index contributed by atoms with van der Waals surface area (Å²) in [5.74, 6) is 0.697. The number of nitrogens with one attached hydrogen (secondary N) is 1. The second-order valence-electron chi connectivity index (χ2n) is 3.82. The van der Waals surface area contributed by atoms with Gasteiger partial charge in [0.2, 0.25) is 0 Å². The molecule has 0 spiro atoms. The minimum atomic E-state index is -0.185. The minimum absolute atomic E-state index is 0.185. The van der Waals surface area contributed by atoms with Crippen LogP contribution in [-0.2, 0) is 13.1 Å². The van der Waals surface area contributed by atoms with Gasteiger partial charge in [0.15, 0.2) is 0 Å². The zero-order chi connectivity index (χ0) is 11.4. The van der Waals surface area contributed by atoms with Crippen molar-refractivity contribution in [3.8, 4) is 0 Å². The Hall–Kier alpha value is -1.61. The highest BCUT2D eigenvalue weighted by Crippen LogP contribution is 2.08. The molecule has 2 nitrogen and oxygen atoms in total. The maximum absolute atomic E-state index is 13.1. The average molecular weight is 219 g/mol. The van der Waals surface area contributed by atoms with Gasteiger partial charge in [-0.1, -0.05) is 6.07 Å². The lowest BCUT2D eigenvalue weighted by atomic mass is 10.1. The lowest BCUT2D eigenvalue weighted by Gasteiger charge is -2.04. The van der Waals surface area contributed by atoms with Crippen LogP contribution >= 0.6 is 0 Å². The number of halogens is 1. The standard InChI is InChI=1S/C13H14FNO/c1-10-5-11(7-12(14)6-10)8-15-9-13-3-2-4-16-13/h2-7,15H,8-9H2,1H3. The van der Waals surface area contributed by atoms with Crippen LogP contribution in [0.2, 0.25) is 0 Å². The van der Waals surface area contributed by atoms with Crippen LogP contribution in [0.4, 0.5) is 4.39 Å². The molecule has 0 amide bonds. The molecule has 0 atom stereocenters. The molecule has 1 N–H and O–H groups in total. The van der Waals surface area contributed by atoms with Gasteiger partial charge in [-0.15, -0.1) is 0 Å². The largest absolute Gasteiger partial charge is 0.468 e. The third-order valence-corrected chi connectivity index (χ3v) is 2.31. The second kappa shape index (κ2) is 4.94. The Kier molecular flexibility index (Phi) is 3.37. The third kappa shape index (κ3) is 2.94. The summed E-state index contributed by atoms with van der Waals surface area (Å²) in [6, 6.07) is 8.80. The molecular weight excluding hydrogens is 205 g/mol. The number of benzene rings is 1. The SMILES string of the molecule is Cc1cc(F)cc(CNCc2ccco2)c1. The average Bonchev–Trinajstić information content (AvgIpc) is 2.69. The molecule has 0 saturated carbocycles. The van der Waals surface area contributed by atoms with Crippen LogP contribution in [0.25, 0.3) is 0 Å². The van der Waals surface area contributed by atoms with Crippen molar-refractivity contribution in [2.24, 2.45) is 0 Å². The maximum Gasteiger partial charge on any atom is 0.123 e.